The first-order chi connectivity index (χ1) is 14.1. The lowest BCUT2D eigenvalue weighted by Crippen LogP contribution is -2.27. The summed E-state index contributed by atoms with van der Waals surface area (Å²) in [7, 11) is -3.73. The van der Waals surface area contributed by atoms with Crippen LogP contribution < -0.4 is 10.6 Å². The third kappa shape index (κ3) is 4.87. The first kappa shape index (κ1) is 22.4. The van der Waals surface area contributed by atoms with Crippen molar-refractivity contribution in [3.8, 4) is 0 Å². The first-order valence-corrected chi connectivity index (χ1v) is 12.3. The van der Waals surface area contributed by atoms with Crippen LogP contribution in [0.25, 0.3) is 0 Å². The van der Waals surface area contributed by atoms with Crippen LogP contribution >= 0.6 is 11.8 Å². The number of benzene rings is 2. The normalized spacial score (nSPS) is 17.2. The highest BCUT2D eigenvalue weighted by molar-refractivity contribution is 8.01. The summed E-state index contributed by atoms with van der Waals surface area (Å²) < 4.78 is 25.9. The van der Waals surface area contributed by atoms with E-state index in [1.165, 1.54) is 30.8 Å². The van der Waals surface area contributed by atoms with E-state index in [2.05, 4.69) is 24.5 Å². The van der Waals surface area contributed by atoms with Crippen molar-refractivity contribution >= 4 is 44.8 Å². The van der Waals surface area contributed by atoms with Crippen molar-refractivity contribution < 1.29 is 18.0 Å². The van der Waals surface area contributed by atoms with E-state index in [1.807, 2.05) is 24.3 Å². The van der Waals surface area contributed by atoms with Crippen molar-refractivity contribution in [2.45, 2.75) is 60.3 Å². The minimum absolute atomic E-state index is 0.0956. The molecule has 0 bridgehead atoms. The fraction of sp³-hybridized carbons (Fsp3) is 0.364. The standard InChI is InChI=1S/C22H26N2O4S2/c1-13(2)16-5-7-17(8-6-16)23-21(25)11-14(3)30(27,28)18-9-10-20-19(12-18)24-22(26)15(4)29-20/h5-10,12-15H,11H2,1-4H3,(H,23,25)(H,24,26)/t14-,15-/m0/s1. The van der Waals surface area contributed by atoms with E-state index in [4.69, 9.17) is 0 Å². The Hall–Kier alpha value is -2.32. The molecule has 0 radical (unpaired) electrons. The van der Waals surface area contributed by atoms with Gasteiger partial charge >= 0.3 is 0 Å². The number of carbonyl (C=O) groups excluding carboxylic acids is 2. The second kappa shape index (κ2) is 8.81. The molecule has 1 aliphatic heterocycles. The third-order valence-electron chi connectivity index (χ3n) is 5.07. The van der Waals surface area contributed by atoms with Crippen molar-refractivity contribution in [2.24, 2.45) is 0 Å². The Morgan fingerprint density at radius 3 is 2.43 bits per heavy atom. The fourth-order valence-electron chi connectivity index (χ4n) is 3.13. The molecule has 2 aromatic rings. The predicted molar refractivity (Wildman–Crippen MR) is 121 cm³/mol. The number of anilines is 2. The number of rotatable bonds is 6. The molecule has 0 aromatic heterocycles. The summed E-state index contributed by atoms with van der Waals surface area (Å²) in [5, 5.41) is 4.37. The van der Waals surface area contributed by atoms with E-state index in [9.17, 15) is 18.0 Å². The van der Waals surface area contributed by atoms with Gasteiger partial charge in [0.15, 0.2) is 9.84 Å². The van der Waals surface area contributed by atoms with Crippen LogP contribution in [0.1, 0.15) is 45.6 Å². The molecular formula is C22H26N2O4S2. The molecule has 160 valence electrons. The molecule has 2 amide bonds. The maximum absolute atomic E-state index is 13.0. The summed E-state index contributed by atoms with van der Waals surface area (Å²) in [4.78, 5) is 25.2. The Kier molecular flexibility index (Phi) is 6.57. The largest absolute Gasteiger partial charge is 0.326 e. The Labute approximate surface area is 181 Å². The van der Waals surface area contributed by atoms with Crippen LogP contribution in [0.2, 0.25) is 0 Å². The Morgan fingerprint density at radius 2 is 1.80 bits per heavy atom. The van der Waals surface area contributed by atoms with Crippen LogP contribution in [-0.4, -0.2) is 30.7 Å². The summed E-state index contributed by atoms with van der Waals surface area (Å²) in [6.45, 7) is 7.49. The average Bonchev–Trinajstić information content (AvgIpc) is 2.68. The van der Waals surface area contributed by atoms with Gasteiger partial charge in [-0.3, -0.25) is 9.59 Å². The van der Waals surface area contributed by atoms with Gasteiger partial charge in [-0.25, -0.2) is 8.42 Å². The number of fused-ring (bicyclic) bond motifs is 1. The van der Waals surface area contributed by atoms with Gasteiger partial charge in [-0.2, -0.15) is 0 Å². The number of thioether (sulfide) groups is 1. The van der Waals surface area contributed by atoms with Crippen LogP contribution in [-0.2, 0) is 19.4 Å². The van der Waals surface area contributed by atoms with Crippen LogP contribution in [0.4, 0.5) is 11.4 Å². The molecule has 1 heterocycles. The van der Waals surface area contributed by atoms with Crippen molar-refractivity contribution in [1.29, 1.82) is 0 Å². The van der Waals surface area contributed by atoms with Crippen molar-refractivity contribution in [1.82, 2.24) is 0 Å². The first-order valence-electron chi connectivity index (χ1n) is 9.83. The van der Waals surface area contributed by atoms with E-state index in [0.29, 0.717) is 17.3 Å². The number of hydrogen-bond donors (Lipinski definition) is 2. The molecule has 30 heavy (non-hydrogen) atoms. The molecule has 2 aromatic carbocycles. The zero-order valence-electron chi connectivity index (χ0n) is 17.4. The highest BCUT2D eigenvalue weighted by atomic mass is 32.2. The third-order valence-corrected chi connectivity index (χ3v) is 8.39. The summed E-state index contributed by atoms with van der Waals surface area (Å²) in [5.74, 6) is -0.125. The molecule has 1 aliphatic rings. The lowest BCUT2D eigenvalue weighted by molar-refractivity contribution is -0.116. The van der Waals surface area contributed by atoms with Crippen molar-refractivity contribution in [3.63, 3.8) is 0 Å². The van der Waals surface area contributed by atoms with Gasteiger partial charge in [0.05, 0.1) is 21.1 Å². The molecule has 0 spiro atoms. The van der Waals surface area contributed by atoms with Crippen LogP contribution in [0.15, 0.2) is 52.3 Å². The fourth-order valence-corrected chi connectivity index (χ4v) is 5.44. The average molecular weight is 447 g/mol. The minimum atomic E-state index is -3.73. The Morgan fingerprint density at radius 1 is 1.13 bits per heavy atom. The van der Waals surface area contributed by atoms with Gasteiger partial charge < -0.3 is 10.6 Å². The molecule has 0 unspecified atom stereocenters. The maximum Gasteiger partial charge on any atom is 0.237 e. The number of sulfone groups is 1. The molecule has 2 atom stereocenters. The molecule has 2 N–H and O–H groups in total. The highest BCUT2D eigenvalue weighted by Gasteiger charge is 2.29. The molecule has 3 rings (SSSR count). The second-order valence-corrected chi connectivity index (χ2v) is 11.5. The zero-order valence-corrected chi connectivity index (χ0v) is 19.1. The monoisotopic (exact) mass is 446 g/mol. The van der Waals surface area contributed by atoms with Crippen molar-refractivity contribution in [3.05, 3.63) is 48.0 Å². The molecule has 0 aliphatic carbocycles. The minimum Gasteiger partial charge on any atom is -0.326 e. The number of nitrogens with one attached hydrogen (secondary N) is 2. The summed E-state index contributed by atoms with van der Waals surface area (Å²) >= 11 is 1.39. The van der Waals surface area contributed by atoms with E-state index in [1.54, 1.807) is 13.0 Å². The zero-order chi connectivity index (χ0) is 22.1. The lowest BCUT2D eigenvalue weighted by Gasteiger charge is -2.22. The molecule has 0 saturated carbocycles. The van der Waals surface area contributed by atoms with Gasteiger partial charge in [-0.05, 0) is 55.7 Å². The molecule has 0 fully saturated rings. The molecule has 8 heteroatoms. The van der Waals surface area contributed by atoms with Gasteiger partial charge in [0.2, 0.25) is 11.8 Å². The smallest absolute Gasteiger partial charge is 0.237 e. The molecular weight excluding hydrogens is 420 g/mol. The van der Waals surface area contributed by atoms with E-state index < -0.39 is 15.1 Å². The lowest BCUT2D eigenvalue weighted by atomic mass is 10.0. The quantitative estimate of drug-likeness (QED) is 0.685. The predicted octanol–water partition coefficient (Wildman–Crippen LogP) is 4.43. The van der Waals surface area contributed by atoms with Gasteiger partial charge in [-0.1, -0.05) is 26.0 Å². The Bertz CT molecular complexity index is 1060. The maximum atomic E-state index is 13.0. The molecule has 0 saturated heterocycles. The molecule has 6 nitrogen and oxygen atoms in total. The van der Waals surface area contributed by atoms with Gasteiger partial charge in [0.1, 0.15) is 0 Å². The Balaban J connectivity index is 1.69. The van der Waals surface area contributed by atoms with Gasteiger partial charge in [-0.15, -0.1) is 11.8 Å². The van der Waals surface area contributed by atoms with E-state index in [-0.39, 0.29) is 28.4 Å². The summed E-state index contributed by atoms with van der Waals surface area (Å²) in [5.41, 5.74) is 2.29. The summed E-state index contributed by atoms with van der Waals surface area (Å²) in [6.07, 6.45) is -0.163. The van der Waals surface area contributed by atoms with Crippen LogP contribution in [0, 0.1) is 0 Å². The topological polar surface area (TPSA) is 92.3 Å². The van der Waals surface area contributed by atoms with E-state index in [0.717, 1.165) is 10.5 Å². The van der Waals surface area contributed by atoms with E-state index >= 15 is 0 Å². The van der Waals surface area contributed by atoms with Crippen LogP contribution in [0.3, 0.4) is 0 Å². The van der Waals surface area contributed by atoms with Gasteiger partial charge in [0.25, 0.3) is 0 Å². The van der Waals surface area contributed by atoms with Crippen molar-refractivity contribution in [2.75, 3.05) is 10.6 Å². The second-order valence-electron chi connectivity index (χ2n) is 7.79. The SMILES string of the molecule is CC(C)c1ccc(NC(=O)C[C@H](C)S(=O)(=O)c2ccc3c(c2)NC(=O)[C@H](C)S3)cc1. The number of carbonyl (C=O) groups is 2. The highest BCUT2D eigenvalue weighted by Crippen LogP contribution is 2.37. The summed E-state index contributed by atoms with van der Waals surface area (Å²) in [6, 6.07) is 12.2. The number of hydrogen-bond acceptors (Lipinski definition) is 5. The van der Waals surface area contributed by atoms with Crippen LogP contribution in [0.5, 0.6) is 0 Å². The number of amides is 2. The van der Waals surface area contributed by atoms with Gasteiger partial charge in [0, 0.05) is 17.0 Å².